The Morgan fingerprint density at radius 3 is 2.56 bits per heavy atom. The summed E-state index contributed by atoms with van der Waals surface area (Å²) in [6, 6.07) is 12.7. The number of H-pyrrole nitrogens is 1. The summed E-state index contributed by atoms with van der Waals surface area (Å²) in [6.45, 7) is 1.75. The predicted octanol–water partition coefficient (Wildman–Crippen LogP) is 3.93. The van der Waals surface area contributed by atoms with Gasteiger partial charge >= 0.3 is 0 Å². The minimum atomic E-state index is -3.85. The van der Waals surface area contributed by atoms with Crippen LogP contribution in [0.2, 0.25) is 5.02 Å². The van der Waals surface area contributed by atoms with Gasteiger partial charge in [-0.3, -0.25) is 4.79 Å². The lowest BCUT2D eigenvalue weighted by molar-refractivity contribution is -0.115. The summed E-state index contributed by atoms with van der Waals surface area (Å²) in [7, 11) is -3.85. The number of benzene rings is 2. The maximum atomic E-state index is 12.6. The number of amides is 1. The molecule has 2 heterocycles. The van der Waals surface area contributed by atoms with Gasteiger partial charge in [0.25, 0.3) is 10.0 Å². The van der Waals surface area contributed by atoms with E-state index in [1.165, 1.54) is 48.4 Å². The Morgan fingerprint density at radius 2 is 1.84 bits per heavy atom. The molecule has 0 spiro atoms. The van der Waals surface area contributed by atoms with Crippen LogP contribution in [-0.4, -0.2) is 39.5 Å². The third-order valence-electron chi connectivity index (χ3n) is 4.30. The number of carbonyl (C=O) groups is 1. The molecule has 0 aliphatic carbocycles. The van der Waals surface area contributed by atoms with E-state index in [2.05, 4.69) is 30.0 Å². The third kappa shape index (κ3) is 5.18. The monoisotopic (exact) mass is 488 g/mol. The molecule has 9 nitrogen and oxygen atoms in total. The van der Waals surface area contributed by atoms with Crippen LogP contribution in [0.4, 0.5) is 11.6 Å². The lowest BCUT2D eigenvalue weighted by atomic mass is 10.3. The van der Waals surface area contributed by atoms with Crippen molar-refractivity contribution >= 4 is 62.0 Å². The summed E-state index contributed by atoms with van der Waals surface area (Å²) in [5, 5.41) is 3.51. The highest BCUT2D eigenvalue weighted by Gasteiger charge is 2.19. The first kappa shape index (κ1) is 22.1. The van der Waals surface area contributed by atoms with Crippen molar-refractivity contribution in [2.24, 2.45) is 0 Å². The largest absolute Gasteiger partial charge is 0.333 e. The van der Waals surface area contributed by atoms with Gasteiger partial charge in [-0.2, -0.15) is 0 Å². The molecule has 4 rings (SSSR count). The highest BCUT2D eigenvalue weighted by Crippen LogP contribution is 2.26. The summed E-state index contributed by atoms with van der Waals surface area (Å²) in [4.78, 5) is 27.8. The molecule has 0 aliphatic heterocycles. The number of aromatic amines is 1. The van der Waals surface area contributed by atoms with Crippen molar-refractivity contribution in [2.75, 3.05) is 10.0 Å². The van der Waals surface area contributed by atoms with E-state index in [1.54, 1.807) is 31.2 Å². The van der Waals surface area contributed by atoms with Crippen LogP contribution in [-0.2, 0) is 14.8 Å². The minimum absolute atomic E-state index is 0.0197. The van der Waals surface area contributed by atoms with Gasteiger partial charge in [-0.1, -0.05) is 23.4 Å². The average Bonchev–Trinajstić information content (AvgIpc) is 3.15. The van der Waals surface area contributed by atoms with Gasteiger partial charge in [0.05, 0.1) is 21.2 Å². The normalized spacial score (nSPS) is 12.4. The standard InChI is InChI=1S/C20H17ClN6O3S2/c1-12(31-20-25-16-8-3-13(21)11-17(16)26-20)18(28)24-14-4-6-15(7-5-14)32(29,30)27-19-22-9-2-10-23-19/h2-12H,1H3,(H,24,28)(H,25,26)(H,22,23,27). The Morgan fingerprint density at radius 1 is 1.12 bits per heavy atom. The van der Waals surface area contributed by atoms with Crippen molar-refractivity contribution in [3.8, 4) is 0 Å². The SMILES string of the molecule is CC(Sc1nc2ccc(Cl)cc2[nH]1)C(=O)Nc1ccc(S(=O)(=O)Nc2ncccn2)cc1. The van der Waals surface area contributed by atoms with Crippen LogP contribution in [0.3, 0.4) is 0 Å². The zero-order chi connectivity index (χ0) is 22.7. The quantitative estimate of drug-likeness (QED) is 0.336. The van der Waals surface area contributed by atoms with Crippen LogP contribution in [0.1, 0.15) is 6.92 Å². The van der Waals surface area contributed by atoms with Crippen molar-refractivity contribution in [1.29, 1.82) is 0 Å². The molecular weight excluding hydrogens is 472 g/mol. The third-order valence-corrected chi connectivity index (χ3v) is 6.87. The van der Waals surface area contributed by atoms with Crippen molar-refractivity contribution < 1.29 is 13.2 Å². The number of hydrogen-bond donors (Lipinski definition) is 3. The number of hydrogen-bond acceptors (Lipinski definition) is 7. The number of carbonyl (C=O) groups excluding carboxylic acids is 1. The molecule has 4 aromatic rings. The van der Waals surface area contributed by atoms with E-state index < -0.39 is 15.3 Å². The summed E-state index contributed by atoms with van der Waals surface area (Å²) in [5.41, 5.74) is 2.02. The lowest BCUT2D eigenvalue weighted by Gasteiger charge is -2.11. The highest BCUT2D eigenvalue weighted by atomic mass is 35.5. The molecule has 32 heavy (non-hydrogen) atoms. The molecule has 2 aromatic carbocycles. The van der Waals surface area contributed by atoms with E-state index in [4.69, 9.17) is 11.6 Å². The molecule has 2 aromatic heterocycles. The number of halogens is 1. The topological polar surface area (TPSA) is 130 Å². The van der Waals surface area contributed by atoms with Crippen LogP contribution >= 0.6 is 23.4 Å². The lowest BCUT2D eigenvalue weighted by Crippen LogP contribution is -2.22. The molecule has 1 amide bonds. The van der Waals surface area contributed by atoms with Gasteiger partial charge in [-0.25, -0.2) is 28.1 Å². The molecule has 0 fully saturated rings. The molecule has 1 unspecified atom stereocenters. The molecule has 12 heteroatoms. The fourth-order valence-electron chi connectivity index (χ4n) is 2.73. The Bertz CT molecular complexity index is 1360. The van der Waals surface area contributed by atoms with Crippen LogP contribution < -0.4 is 10.0 Å². The number of imidazole rings is 1. The van der Waals surface area contributed by atoms with Crippen LogP contribution in [0.15, 0.2) is 71.0 Å². The molecule has 0 saturated heterocycles. The Kier molecular flexibility index (Phi) is 6.31. The van der Waals surface area contributed by atoms with Gasteiger partial charge in [-0.15, -0.1) is 0 Å². The fraction of sp³-hybridized carbons (Fsp3) is 0.100. The van der Waals surface area contributed by atoms with Crippen molar-refractivity contribution in [3.05, 3.63) is 65.9 Å². The first-order valence-electron chi connectivity index (χ1n) is 9.33. The highest BCUT2D eigenvalue weighted by molar-refractivity contribution is 8.00. The number of anilines is 2. The zero-order valence-corrected chi connectivity index (χ0v) is 19.0. The smallest absolute Gasteiger partial charge is 0.264 e. The summed E-state index contributed by atoms with van der Waals surface area (Å²) >= 11 is 7.26. The maximum absolute atomic E-state index is 12.6. The molecule has 0 saturated carbocycles. The van der Waals surface area contributed by atoms with Crippen molar-refractivity contribution in [2.45, 2.75) is 22.2 Å². The van der Waals surface area contributed by atoms with Gasteiger partial charge in [0, 0.05) is 23.1 Å². The summed E-state index contributed by atoms with van der Waals surface area (Å²) in [5.74, 6) is -0.275. The second kappa shape index (κ2) is 9.15. The van der Waals surface area contributed by atoms with Crippen molar-refractivity contribution in [3.63, 3.8) is 0 Å². The van der Waals surface area contributed by atoms with E-state index in [9.17, 15) is 13.2 Å². The summed E-state index contributed by atoms with van der Waals surface area (Å²) in [6.07, 6.45) is 2.87. The number of sulfonamides is 1. The molecule has 0 radical (unpaired) electrons. The first-order chi connectivity index (χ1) is 15.3. The van der Waals surface area contributed by atoms with Gasteiger partial charge in [0.1, 0.15) is 0 Å². The van der Waals surface area contributed by atoms with E-state index >= 15 is 0 Å². The molecule has 1 atom stereocenters. The Balaban J connectivity index is 1.39. The number of thioether (sulfide) groups is 1. The molecular formula is C20H17ClN6O3S2. The fourth-order valence-corrected chi connectivity index (χ4v) is 4.68. The van der Waals surface area contributed by atoms with Crippen LogP contribution in [0, 0.1) is 0 Å². The van der Waals surface area contributed by atoms with Crippen molar-refractivity contribution in [1.82, 2.24) is 19.9 Å². The Labute approximate surface area is 193 Å². The predicted molar refractivity (Wildman–Crippen MR) is 124 cm³/mol. The van der Waals surface area contributed by atoms with Gasteiger partial charge in [-0.05, 0) is 55.5 Å². The van der Waals surface area contributed by atoms with E-state index in [1.807, 2.05) is 0 Å². The average molecular weight is 489 g/mol. The number of aromatic nitrogens is 4. The number of rotatable bonds is 7. The zero-order valence-electron chi connectivity index (χ0n) is 16.6. The minimum Gasteiger partial charge on any atom is -0.333 e. The molecule has 0 bridgehead atoms. The molecule has 3 N–H and O–H groups in total. The number of nitrogens with one attached hydrogen (secondary N) is 3. The molecule has 164 valence electrons. The van der Waals surface area contributed by atoms with E-state index in [0.29, 0.717) is 15.9 Å². The first-order valence-corrected chi connectivity index (χ1v) is 12.1. The second-order valence-corrected chi connectivity index (χ2v) is 10.1. The van der Waals surface area contributed by atoms with Crippen LogP contribution in [0.25, 0.3) is 11.0 Å². The van der Waals surface area contributed by atoms with E-state index in [0.717, 1.165) is 11.0 Å². The summed E-state index contributed by atoms with van der Waals surface area (Å²) < 4.78 is 27.2. The number of fused-ring (bicyclic) bond motifs is 1. The second-order valence-electron chi connectivity index (χ2n) is 6.66. The maximum Gasteiger partial charge on any atom is 0.264 e. The van der Waals surface area contributed by atoms with Crippen LogP contribution in [0.5, 0.6) is 0 Å². The molecule has 0 aliphatic rings. The Hall–Kier alpha value is -3.15. The van der Waals surface area contributed by atoms with Gasteiger partial charge in [0.15, 0.2) is 5.16 Å². The van der Waals surface area contributed by atoms with E-state index in [-0.39, 0.29) is 16.8 Å². The number of nitrogens with zero attached hydrogens (tertiary/aromatic N) is 3. The van der Waals surface area contributed by atoms with Gasteiger partial charge < -0.3 is 10.3 Å². The van der Waals surface area contributed by atoms with Gasteiger partial charge in [0.2, 0.25) is 11.9 Å².